The molecule has 0 saturated carbocycles. The number of halogens is 1. The molecule has 0 bridgehead atoms. The maximum Gasteiger partial charge on any atom is 0.240 e. The van der Waals surface area contributed by atoms with Gasteiger partial charge in [-0.15, -0.1) is 0 Å². The number of carbonyl (C=O) groups excluding carboxylic acids is 1. The van der Waals surface area contributed by atoms with Gasteiger partial charge in [0.1, 0.15) is 5.82 Å². The van der Waals surface area contributed by atoms with Crippen LogP contribution >= 0.6 is 0 Å². The first-order valence-corrected chi connectivity index (χ1v) is 7.51. The van der Waals surface area contributed by atoms with Crippen LogP contribution in [0.4, 0.5) is 4.39 Å². The first-order valence-electron chi connectivity index (χ1n) is 7.51. The minimum atomic E-state index is -0.494. The molecule has 1 fully saturated rings. The second kappa shape index (κ2) is 5.76. The normalized spacial score (nSPS) is 24.2. The van der Waals surface area contributed by atoms with Gasteiger partial charge in [-0.05, 0) is 36.5 Å². The van der Waals surface area contributed by atoms with Gasteiger partial charge in [-0.25, -0.2) is 4.39 Å². The summed E-state index contributed by atoms with van der Waals surface area (Å²) < 4.78 is 13.0. The molecule has 0 aromatic heterocycles. The van der Waals surface area contributed by atoms with E-state index in [0.29, 0.717) is 6.54 Å². The highest BCUT2D eigenvalue weighted by molar-refractivity contribution is 5.83. The van der Waals surface area contributed by atoms with Crippen LogP contribution in [0, 0.1) is 11.2 Å². The molecule has 1 saturated heterocycles. The lowest BCUT2D eigenvalue weighted by Crippen LogP contribution is -2.51. The van der Waals surface area contributed by atoms with Gasteiger partial charge in [0, 0.05) is 18.5 Å². The van der Waals surface area contributed by atoms with E-state index in [1.165, 1.54) is 12.1 Å². The lowest BCUT2D eigenvalue weighted by Gasteiger charge is -2.32. The summed E-state index contributed by atoms with van der Waals surface area (Å²) in [6.07, 6.45) is 0.897. The Labute approximate surface area is 126 Å². The molecular weight excluding hydrogens is 267 g/mol. The Bertz CT molecular complexity index is 507. The van der Waals surface area contributed by atoms with Crippen molar-refractivity contribution in [3.63, 3.8) is 0 Å². The smallest absolute Gasteiger partial charge is 0.240 e. The average molecular weight is 292 g/mol. The number of likely N-dealkylation sites (tertiary alicyclic amines) is 1. The number of nitrogens with zero attached hydrogens (tertiary/aromatic N) is 1. The first-order chi connectivity index (χ1) is 9.70. The predicted octanol–water partition coefficient (Wildman–Crippen LogP) is 2.90. The minimum absolute atomic E-state index is 0.0135. The summed E-state index contributed by atoms with van der Waals surface area (Å²) in [5.74, 6) is 0.0452. The maximum absolute atomic E-state index is 13.0. The van der Waals surface area contributed by atoms with Gasteiger partial charge in [0.15, 0.2) is 0 Å². The van der Waals surface area contributed by atoms with Crippen molar-refractivity contribution >= 4 is 5.91 Å². The van der Waals surface area contributed by atoms with Crippen LogP contribution in [-0.4, -0.2) is 29.4 Å². The Kier molecular flexibility index (Phi) is 4.38. The maximum atomic E-state index is 13.0. The number of hydrogen-bond acceptors (Lipinski definition) is 2. The summed E-state index contributed by atoms with van der Waals surface area (Å²) in [5, 5.41) is 0. The topological polar surface area (TPSA) is 46.3 Å². The highest BCUT2D eigenvalue weighted by Gasteiger charge is 2.38. The molecule has 1 aromatic rings. The SMILES string of the molecule is CC1CC(c2ccc(F)cc2)CN1C(=O)[C@@H](N)C(C)(C)C. The average Bonchev–Trinajstić information content (AvgIpc) is 2.79. The number of hydrogen-bond donors (Lipinski definition) is 1. The van der Waals surface area contributed by atoms with Crippen LogP contribution in [0.25, 0.3) is 0 Å². The van der Waals surface area contributed by atoms with Gasteiger partial charge in [0.25, 0.3) is 0 Å². The van der Waals surface area contributed by atoms with Gasteiger partial charge in [0.2, 0.25) is 5.91 Å². The van der Waals surface area contributed by atoms with Crippen molar-refractivity contribution in [1.29, 1.82) is 0 Å². The zero-order valence-electron chi connectivity index (χ0n) is 13.3. The van der Waals surface area contributed by atoms with Gasteiger partial charge in [-0.2, -0.15) is 0 Å². The molecule has 0 radical (unpaired) electrons. The third-order valence-corrected chi connectivity index (χ3v) is 4.40. The van der Waals surface area contributed by atoms with Crippen LogP contribution in [0.3, 0.4) is 0 Å². The van der Waals surface area contributed by atoms with Gasteiger partial charge in [-0.3, -0.25) is 4.79 Å². The molecule has 1 aliphatic rings. The molecule has 2 N–H and O–H groups in total. The fourth-order valence-electron chi connectivity index (χ4n) is 2.86. The van der Waals surface area contributed by atoms with E-state index >= 15 is 0 Å². The lowest BCUT2D eigenvalue weighted by atomic mass is 9.86. The number of rotatable bonds is 2. The molecule has 1 aromatic carbocycles. The third kappa shape index (κ3) is 3.43. The van der Waals surface area contributed by atoms with E-state index in [1.54, 1.807) is 0 Å². The van der Waals surface area contributed by atoms with Crippen molar-refractivity contribution in [3.05, 3.63) is 35.6 Å². The lowest BCUT2D eigenvalue weighted by molar-refractivity contribution is -0.135. The van der Waals surface area contributed by atoms with Crippen LogP contribution in [-0.2, 0) is 4.79 Å². The number of nitrogens with two attached hydrogens (primary N) is 1. The minimum Gasteiger partial charge on any atom is -0.338 e. The predicted molar refractivity (Wildman–Crippen MR) is 82.4 cm³/mol. The summed E-state index contributed by atoms with van der Waals surface area (Å²) in [6.45, 7) is 8.65. The standard InChI is InChI=1S/C17H25FN2O/c1-11-9-13(12-5-7-14(18)8-6-12)10-20(11)16(21)15(19)17(2,3)4/h5-8,11,13,15H,9-10,19H2,1-4H3/t11?,13?,15-/m1/s1. The van der Waals surface area contributed by atoms with Gasteiger partial charge in [-0.1, -0.05) is 32.9 Å². The first kappa shape index (κ1) is 16.0. The Morgan fingerprint density at radius 2 is 1.90 bits per heavy atom. The monoisotopic (exact) mass is 292 g/mol. The van der Waals surface area contributed by atoms with Crippen molar-refractivity contribution in [2.24, 2.45) is 11.1 Å². The van der Waals surface area contributed by atoms with Crippen LogP contribution in [0.15, 0.2) is 24.3 Å². The zero-order valence-corrected chi connectivity index (χ0v) is 13.3. The van der Waals surface area contributed by atoms with E-state index in [2.05, 4.69) is 6.92 Å². The molecule has 2 rings (SSSR count). The molecule has 21 heavy (non-hydrogen) atoms. The van der Waals surface area contributed by atoms with Crippen molar-refractivity contribution < 1.29 is 9.18 Å². The molecular formula is C17H25FN2O. The molecule has 4 heteroatoms. The summed E-state index contributed by atoms with van der Waals surface area (Å²) in [7, 11) is 0. The molecule has 2 unspecified atom stereocenters. The van der Waals surface area contributed by atoms with E-state index in [9.17, 15) is 9.18 Å². The van der Waals surface area contributed by atoms with Gasteiger partial charge in [0.05, 0.1) is 6.04 Å². The molecule has 116 valence electrons. The molecule has 1 heterocycles. The van der Waals surface area contributed by atoms with E-state index in [1.807, 2.05) is 37.8 Å². The van der Waals surface area contributed by atoms with Crippen molar-refractivity contribution in [1.82, 2.24) is 4.90 Å². The third-order valence-electron chi connectivity index (χ3n) is 4.40. The summed E-state index contributed by atoms with van der Waals surface area (Å²) >= 11 is 0. The van der Waals surface area contributed by atoms with E-state index in [-0.39, 0.29) is 29.1 Å². The number of carbonyl (C=O) groups is 1. The quantitative estimate of drug-likeness (QED) is 0.911. The number of benzene rings is 1. The van der Waals surface area contributed by atoms with E-state index < -0.39 is 6.04 Å². The summed E-state index contributed by atoms with van der Waals surface area (Å²) in [5.41, 5.74) is 6.94. The highest BCUT2D eigenvalue weighted by Crippen LogP contribution is 2.33. The van der Waals surface area contributed by atoms with Crippen molar-refractivity contribution in [2.45, 2.75) is 52.1 Å². The van der Waals surface area contributed by atoms with Crippen LogP contribution in [0.1, 0.15) is 45.6 Å². The van der Waals surface area contributed by atoms with Gasteiger partial charge >= 0.3 is 0 Å². The molecule has 1 aliphatic heterocycles. The van der Waals surface area contributed by atoms with Crippen LogP contribution in [0.5, 0.6) is 0 Å². The molecule has 0 spiro atoms. The second-order valence-electron chi connectivity index (χ2n) is 7.17. The summed E-state index contributed by atoms with van der Waals surface area (Å²) in [4.78, 5) is 14.5. The van der Waals surface area contributed by atoms with Crippen LogP contribution < -0.4 is 5.73 Å². The van der Waals surface area contributed by atoms with E-state index in [4.69, 9.17) is 5.73 Å². The zero-order chi connectivity index (χ0) is 15.8. The highest BCUT2D eigenvalue weighted by atomic mass is 19.1. The van der Waals surface area contributed by atoms with Crippen molar-refractivity contribution in [3.8, 4) is 0 Å². The van der Waals surface area contributed by atoms with Gasteiger partial charge < -0.3 is 10.6 Å². The Morgan fingerprint density at radius 3 is 2.43 bits per heavy atom. The Hall–Kier alpha value is -1.42. The Morgan fingerprint density at radius 1 is 1.33 bits per heavy atom. The molecule has 1 amide bonds. The number of amides is 1. The van der Waals surface area contributed by atoms with E-state index in [0.717, 1.165) is 12.0 Å². The fourth-order valence-corrected chi connectivity index (χ4v) is 2.86. The molecule has 0 aliphatic carbocycles. The molecule has 3 nitrogen and oxygen atoms in total. The Balaban J connectivity index is 2.11. The van der Waals surface area contributed by atoms with Crippen molar-refractivity contribution in [2.75, 3.05) is 6.54 Å². The second-order valence-corrected chi connectivity index (χ2v) is 7.17. The summed E-state index contributed by atoms with van der Waals surface area (Å²) in [6, 6.07) is 6.25. The fraction of sp³-hybridized carbons (Fsp3) is 0.588. The van der Waals surface area contributed by atoms with Crippen LogP contribution in [0.2, 0.25) is 0 Å². The molecule has 3 atom stereocenters. The largest absolute Gasteiger partial charge is 0.338 e.